The van der Waals surface area contributed by atoms with Gasteiger partial charge in [-0.1, -0.05) is 78.0 Å². The van der Waals surface area contributed by atoms with Crippen LogP contribution < -0.4 is 0 Å². The van der Waals surface area contributed by atoms with E-state index in [9.17, 15) is 39.3 Å². The number of methoxy groups -OCH3 is 1. The summed E-state index contributed by atoms with van der Waals surface area (Å²) in [7, 11) is 1.57. The van der Waals surface area contributed by atoms with E-state index in [2.05, 4.69) is 0 Å². The summed E-state index contributed by atoms with van der Waals surface area (Å²) in [5, 5.41) is 34.3. The number of aliphatic hydroxyl groups excluding tert-OH is 2. The topological polar surface area (TPSA) is 205 Å². The number of hydrogen-bond acceptors (Lipinski definition) is 14. The number of fused-ring (bicyclic) bond motifs is 3. The molecule has 0 aromatic rings. The van der Waals surface area contributed by atoms with Gasteiger partial charge in [0.25, 0.3) is 11.7 Å². The number of rotatable bonds is 13. The van der Waals surface area contributed by atoms with Gasteiger partial charge in [0.2, 0.25) is 5.79 Å². The molecule has 2 saturated heterocycles. The van der Waals surface area contributed by atoms with Gasteiger partial charge in [-0.2, -0.15) is 0 Å². The second-order valence-electron chi connectivity index (χ2n) is 21.4. The molecule has 15 atom stereocenters. The lowest BCUT2D eigenvalue weighted by molar-refractivity contribution is -0.266. The summed E-state index contributed by atoms with van der Waals surface area (Å²) in [5.41, 5.74) is 1.37. The Morgan fingerprint density at radius 3 is 2.28 bits per heavy atom. The van der Waals surface area contributed by atoms with Gasteiger partial charge in [-0.15, -0.1) is 0 Å². The highest BCUT2D eigenvalue weighted by molar-refractivity contribution is 6.39. The van der Waals surface area contributed by atoms with Gasteiger partial charge in [-0.3, -0.25) is 19.2 Å². The molecule has 0 spiro atoms. The summed E-state index contributed by atoms with van der Waals surface area (Å²) in [6, 6.07) is -1.15. The summed E-state index contributed by atoms with van der Waals surface area (Å²) >= 11 is 0. The van der Waals surface area contributed by atoms with Crippen LogP contribution in [0.3, 0.4) is 0 Å². The van der Waals surface area contributed by atoms with E-state index in [1.807, 2.05) is 71.9 Å². The van der Waals surface area contributed by atoms with Gasteiger partial charge < -0.3 is 48.6 Å². The monoisotopic (exact) mass is 1010 g/mol. The number of ether oxygens (including phenoxy) is 6. The average Bonchev–Trinajstić information content (AvgIpc) is 3.36. The standard InChI is InChI=1S/C57H91NO14/c1-11-45-52(61)40(7)30-36(3)18-14-13-15-19-37(4)49(70-29-28-69-27-26-68-12-2)34-44-23-21-42(9)57(66,72-44)54(63)55(64)58-25-17-16-20-46(58)56(65)71-50(35-48(60)38(5)31-41(8)53(45)62)39(6)32-43-22-24-47(59)51(33-43)67-10/h13-15,18-19,31,36,38-40,42-47,49-51,53,59,62,66H,11-12,16-17,20-30,32-35H2,1-10H3/b15-13?,18-14+,37-19?,41-31+/t36-,38-,39-,40-,42-,43+,44+,45+,46+,47-,49?,50+,51-,53-,57-/m1/s1. The number of nitrogens with zero attached hydrogens (tertiary/aromatic N) is 1. The van der Waals surface area contributed by atoms with Crippen LogP contribution in [0.25, 0.3) is 0 Å². The number of ketones is 3. The molecule has 3 heterocycles. The second kappa shape index (κ2) is 30.2. The lowest BCUT2D eigenvalue weighted by atomic mass is 9.78. The minimum atomic E-state index is -2.47. The first-order chi connectivity index (χ1) is 34.2. The maximum atomic E-state index is 14.5. The van der Waals surface area contributed by atoms with E-state index in [4.69, 9.17) is 28.4 Å². The van der Waals surface area contributed by atoms with E-state index in [1.165, 1.54) is 4.90 Å². The molecule has 3 N–H and O–H groups in total. The molecule has 0 aromatic heterocycles. The number of aliphatic hydroxyl groups is 3. The van der Waals surface area contributed by atoms with E-state index in [0.717, 1.165) is 12.0 Å². The van der Waals surface area contributed by atoms with Crippen LogP contribution in [0.5, 0.6) is 0 Å². The average molecular weight is 1010 g/mol. The van der Waals surface area contributed by atoms with Gasteiger partial charge in [0.05, 0.1) is 56.9 Å². The Kier molecular flexibility index (Phi) is 25.7. The SMILES string of the molecule is CCOCCOCCOC1C[C@@H]2CC[C@@H](C)[C@@](O)(O2)C(=O)C(=O)N2CCCC[C@H]2C(=O)O[C@H]([C@H](C)C[C@@H]2CC[C@@H](O)[C@H](OC)C2)CC(=O)[C@H](C)/C=C(\C)[C@@H](O)[C@@H](CC)C(=O)[C@H](C)C[C@H](C)/C=C/C=CC=C1C. The van der Waals surface area contributed by atoms with Crippen molar-refractivity contribution in [2.45, 2.75) is 194 Å². The molecule has 72 heavy (non-hydrogen) atoms. The first-order valence-corrected chi connectivity index (χ1v) is 27.1. The van der Waals surface area contributed by atoms with Crippen LogP contribution in [0.1, 0.15) is 146 Å². The number of hydrogen-bond donors (Lipinski definition) is 3. The van der Waals surface area contributed by atoms with Gasteiger partial charge in [-0.25, -0.2) is 4.79 Å². The fourth-order valence-electron chi connectivity index (χ4n) is 11.0. The van der Waals surface area contributed by atoms with Crippen LogP contribution in [0.15, 0.2) is 47.6 Å². The molecule has 15 nitrogen and oxygen atoms in total. The van der Waals surface area contributed by atoms with Gasteiger partial charge in [0, 0.05) is 56.8 Å². The predicted octanol–water partition coefficient (Wildman–Crippen LogP) is 7.62. The van der Waals surface area contributed by atoms with Crippen molar-refractivity contribution >= 4 is 29.2 Å². The first kappa shape index (κ1) is 61.1. The van der Waals surface area contributed by atoms with Crippen LogP contribution in [0, 0.1) is 41.4 Å². The molecule has 1 amide bonds. The summed E-state index contributed by atoms with van der Waals surface area (Å²) in [5.74, 6) is -8.27. The Morgan fingerprint density at radius 2 is 1.57 bits per heavy atom. The zero-order chi connectivity index (χ0) is 53.1. The van der Waals surface area contributed by atoms with Crippen molar-refractivity contribution in [2.75, 3.05) is 46.7 Å². The zero-order valence-electron chi connectivity index (χ0n) is 45.3. The molecular formula is C57H91NO14. The molecule has 0 aromatic carbocycles. The quantitative estimate of drug-likeness (QED) is 0.0703. The van der Waals surface area contributed by atoms with Gasteiger partial charge in [0.1, 0.15) is 23.7 Å². The molecule has 4 rings (SSSR count). The van der Waals surface area contributed by atoms with E-state index < -0.39 is 77.8 Å². The van der Waals surface area contributed by atoms with Crippen LogP contribution in [0.4, 0.5) is 0 Å². The van der Waals surface area contributed by atoms with Crippen LogP contribution in [-0.2, 0) is 52.4 Å². The summed E-state index contributed by atoms with van der Waals surface area (Å²) < 4.78 is 35.6. The minimum Gasteiger partial charge on any atom is -0.460 e. The Labute approximate surface area is 430 Å². The Hall–Kier alpha value is -3.41. The molecular weight excluding hydrogens is 923 g/mol. The maximum Gasteiger partial charge on any atom is 0.329 e. The number of allylic oxidation sites excluding steroid dienone is 6. The zero-order valence-corrected chi connectivity index (χ0v) is 45.3. The summed E-state index contributed by atoms with van der Waals surface area (Å²) in [4.78, 5) is 72.7. The van der Waals surface area contributed by atoms with Crippen molar-refractivity contribution in [3.05, 3.63) is 47.6 Å². The van der Waals surface area contributed by atoms with E-state index >= 15 is 0 Å². The third-order valence-electron chi connectivity index (χ3n) is 15.7. The molecule has 2 bridgehead atoms. The van der Waals surface area contributed by atoms with E-state index in [0.29, 0.717) is 89.8 Å². The minimum absolute atomic E-state index is 0.0423. The molecule has 408 valence electrons. The van der Waals surface area contributed by atoms with Crippen molar-refractivity contribution in [3.63, 3.8) is 0 Å². The number of Topliss-reactive ketones (excluding diaryl/α,β-unsaturated/α-hetero) is 3. The predicted molar refractivity (Wildman–Crippen MR) is 274 cm³/mol. The Bertz CT molecular complexity index is 1880. The lowest BCUT2D eigenvalue weighted by Crippen LogP contribution is -2.61. The van der Waals surface area contributed by atoms with Gasteiger partial charge in [-0.05, 0) is 120 Å². The molecule has 1 aliphatic carbocycles. The van der Waals surface area contributed by atoms with Gasteiger partial charge in [0.15, 0.2) is 0 Å². The number of carbonyl (C=O) groups is 5. The third kappa shape index (κ3) is 17.6. The Balaban J connectivity index is 1.70. The number of esters is 1. The fraction of sp³-hybridized carbons (Fsp3) is 0.772. The maximum absolute atomic E-state index is 14.5. The van der Waals surface area contributed by atoms with E-state index in [-0.39, 0.29) is 73.8 Å². The molecule has 3 aliphatic heterocycles. The molecule has 0 radical (unpaired) electrons. The van der Waals surface area contributed by atoms with Crippen LogP contribution in [-0.4, -0.2) is 145 Å². The van der Waals surface area contributed by atoms with Gasteiger partial charge >= 0.3 is 5.97 Å². The highest BCUT2D eigenvalue weighted by atomic mass is 16.6. The molecule has 1 unspecified atom stereocenters. The molecule has 1 saturated carbocycles. The fourth-order valence-corrected chi connectivity index (χ4v) is 11.0. The number of amides is 1. The highest BCUT2D eigenvalue weighted by Gasteiger charge is 2.53. The molecule has 15 heteroatoms. The molecule has 4 aliphatic rings. The van der Waals surface area contributed by atoms with Crippen LogP contribution >= 0.6 is 0 Å². The number of piperidine rings is 1. The highest BCUT2D eigenvalue weighted by Crippen LogP contribution is 2.38. The largest absolute Gasteiger partial charge is 0.460 e. The van der Waals surface area contributed by atoms with E-state index in [1.54, 1.807) is 34.0 Å². The van der Waals surface area contributed by atoms with Crippen molar-refractivity contribution in [2.24, 2.45) is 41.4 Å². The summed E-state index contributed by atoms with van der Waals surface area (Å²) in [6.07, 6.45) is 13.1. The van der Waals surface area contributed by atoms with Crippen molar-refractivity contribution in [1.82, 2.24) is 4.90 Å². The second-order valence-corrected chi connectivity index (χ2v) is 21.4. The van der Waals surface area contributed by atoms with Crippen molar-refractivity contribution < 1.29 is 67.7 Å². The smallest absolute Gasteiger partial charge is 0.329 e. The lowest BCUT2D eigenvalue weighted by Gasteiger charge is -2.43. The Morgan fingerprint density at radius 1 is 0.847 bits per heavy atom. The first-order valence-electron chi connectivity index (χ1n) is 27.1. The van der Waals surface area contributed by atoms with Crippen LogP contribution in [0.2, 0.25) is 0 Å². The number of carbonyl (C=O) groups excluding carboxylic acids is 5. The van der Waals surface area contributed by atoms with Crippen molar-refractivity contribution in [1.29, 1.82) is 0 Å². The third-order valence-corrected chi connectivity index (χ3v) is 15.7. The van der Waals surface area contributed by atoms with Crippen molar-refractivity contribution in [3.8, 4) is 0 Å². The summed E-state index contributed by atoms with van der Waals surface area (Å²) in [6.45, 7) is 18.9. The molecule has 3 fully saturated rings. The normalized spacial score (nSPS) is 36.5. The number of cyclic esters (lactones) is 1.